The van der Waals surface area contributed by atoms with Gasteiger partial charge in [-0.3, -0.25) is 0 Å². The van der Waals surface area contributed by atoms with E-state index in [1.165, 1.54) is 20.5 Å². The quantitative estimate of drug-likeness (QED) is 0.169. The van der Waals surface area contributed by atoms with Crippen molar-refractivity contribution in [2.75, 3.05) is 0 Å². The maximum atomic E-state index is 6.46. The van der Waals surface area contributed by atoms with E-state index in [0.29, 0.717) is 45.3 Å². The van der Waals surface area contributed by atoms with E-state index in [1.807, 2.05) is 29.5 Å². The minimum Gasteiger partial charge on any atom is -0.655 e. The zero-order chi connectivity index (χ0) is 22.7. The normalized spacial score (nSPS) is 23.0. The van der Waals surface area contributed by atoms with Crippen LogP contribution in [0.1, 0.15) is 41.7 Å². The summed E-state index contributed by atoms with van der Waals surface area (Å²) >= 11 is 14.9. The Kier molecular flexibility index (Phi) is 10.7. The molecule has 3 aromatic carbocycles. The van der Waals surface area contributed by atoms with Crippen molar-refractivity contribution in [1.82, 2.24) is 0 Å². The predicted octanol–water partition coefficient (Wildman–Crippen LogP) is 11.7. The fraction of sp³-hybridized carbons (Fsp3) is 0.219. The molecule has 0 radical (unpaired) electrons. The van der Waals surface area contributed by atoms with Gasteiger partial charge in [-0.1, -0.05) is 103 Å². The summed E-state index contributed by atoms with van der Waals surface area (Å²) < 4.78 is 1.39. The molecule has 5 heteroatoms. The van der Waals surface area contributed by atoms with Gasteiger partial charge in [0.2, 0.25) is 0 Å². The Morgan fingerprint density at radius 2 is 1.38 bits per heavy atom. The van der Waals surface area contributed by atoms with Crippen LogP contribution in [0.25, 0.3) is 21.5 Å². The molecule has 5 atom stereocenters. The summed E-state index contributed by atoms with van der Waals surface area (Å²) in [5.74, 6) is 2.43. The third-order valence-corrected chi connectivity index (χ3v) is 9.48. The summed E-state index contributed by atoms with van der Waals surface area (Å²) in [6.45, 7) is 4.84. The summed E-state index contributed by atoms with van der Waals surface area (Å²) in [4.78, 5) is 1.43. The monoisotopic (exact) mass is 581 g/mol. The topological polar surface area (TPSA) is 14.1 Å². The summed E-state index contributed by atoms with van der Waals surface area (Å²) in [6.07, 6.45) is 4.83. The fourth-order valence-corrected chi connectivity index (χ4v) is 7.76. The maximum absolute atomic E-state index is 6.46. The minimum absolute atomic E-state index is 0. The van der Waals surface area contributed by atoms with Gasteiger partial charge in [-0.2, -0.15) is 0 Å². The number of fused-ring (bicyclic) bond motifs is 5. The van der Waals surface area contributed by atoms with Crippen molar-refractivity contribution in [2.45, 2.75) is 25.7 Å². The van der Waals surface area contributed by atoms with Crippen LogP contribution in [-0.2, 0) is 21.7 Å². The Morgan fingerprint density at radius 1 is 0.757 bits per heavy atom. The van der Waals surface area contributed by atoms with Crippen LogP contribution in [0.3, 0.4) is 0 Å². The van der Waals surface area contributed by atoms with Gasteiger partial charge < -0.3 is 27.6 Å². The van der Waals surface area contributed by atoms with Gasteiger partial charge in [0.05, 0.1) is 0 Å². The first-order chi connectivity index (χ1) is 16.0. The Hall–Kier alpha value is -1.55. The molecule has 0 saturated heterocycles. The van der Waals surface area contributed by atoms with Crippen molar-refractivity contribution >= 4 is 62.1 Å². The average Bonchev–Trinajstić information content (AvgIpc) is 3.32. The number of benzene rings is 3. The van der Waals surface area contributed by atoms with Crippen molar-refractivity contribution in [3.63, 3.8) is 0 Å². The van der Waals surface area contributed by atoms with E-state index in [1.54, 1.807) is 5.56 Å². The van der Waals surface area contributed by atoms with Crippen molar-refractivity contribution < 1.29 is 21.7 Å². The number of halogens is 2. The third kappa shape index (κ3) is 5.21. The molecule has 0 aliphatic heterocycles. The van der Waals surface area contributed by atoms with Gasteiger partial charge in [0, 0.05) is 19.6 Å². The first kappa shape index (κ1) is 31.7. The van der Waals surface area contributed by atoms with E-state index in [-0.39, 0.29) is 44.0 Å². The number of hydrogen-bond acceptors (Lipinski definition) is 1. The van der Waals surface area contributed by atoms with Crippen molar-refractivity contribution in [3.05, 3.63) is 126 Å². The fourth-order valence-electron chi connectivity index (χ4n) is 6.10. The number of rotatable bonds is 3. The molecule has 2 aliphatic rings. The molecule has 1 aromatic heterocycles. The zero-order valence-electron chi connectivity index (χ0n) is 22.0. The summed E-state index contributed by atoms with van der Waals surface area (Å²) in [5.41, 5.74) is 4.45. The first-order valence-electron chi connectivity index (χ1n) is 11.5. The van der Waals surface area contributed by atoms with E-state index in [9.17, 15) is 0 Å². The third-order valence-electron chi connectivity index (χ3n) is 7.72. The SMILES string of the molecule is CC1C(C)C2c3c(sc4ccccc34)C=CC2C1c1ccccc1[N-]c1c(Cl)cccc1Cl.[CH3-].[CH3-].[CH3-].[Ti+4]. The Bertz CT molecular complexity index is 1370. The van der Waals surface area contributed by atoms with E-state index < -0.39 is 0 Å². The van der Waals surface area contributed by atoms with Crippen LogP contribution in [-0.4, -0.2) is 0 Å². The van der Waals surface area contributed by atoms with Gasteiger partial charge in [-0.05, 0) is 64.8 Å². The minimum atomic E-state index is 0. The van der Waals surface area contributed by atoms with Crippen molar-refractivity contribution in [3.8, 4) is 0 Å². The molecule has 37 heavy (non-hydrogen) atoms. The van der Waals surface area contributed by atoms with Crippen LogP contribution in [0.2, 0.25) is 10.0 Å². The second-order valence-electron chi connectivity index (χ2n) is 9.32. The summed E-state index contributed by atoms with van der Waals surface area (Å²) in [5, 5.41) is 7.57. The van der Waals surface area contributed by atoms with Crippen LogP contribution < -0.4 is 0 Å². The number of hydrogen-bond donors (Lipinski definition) is 0. The molecule has 1 nitrogen and oxygen atoms in total. The number of allylic oxidation sites excluding steroid dienone is 1. The largest absolute Gasteiger partial charge is 4.00 e. The van der Waals surface area contributed by atoms with Crippen LogP contribution in [0, 0.1) is 40.0 Å². The number of thiophene rings is 1. The van der Waals surface area contributed by atoms with Gasteiger partial charge in [0.1, 0.15) is 0 Å². The molecule has 0 bridgehead atoms. The molecular weight excluding hydrogens is 549 g/mol. The molecule has 190 valence electrons. The van der Waals surface area contributed by atoms with E-state index in [4.69, 9.17) is 28.5 Å². The molecule has 6 rings (SSSR count). The molecule has 4 aromatic rings. The van der Waals surface area contributed by atoms with Gasteiger partial charge in [0.25, 0.3) is 0 Å². The second kappa shape index (κ2) is 12.5. The number of nitrogens with zero attached hydrogens (tertiary/aromatic N) is 1. The predicted molar refractivity (Wildman–Crippen MR) is 163 cm³/mol. The Labute approximate surface area is 252 Å². The average molecular weight is 582 g/mol. The Balaban J connectivity index is 0.00000120. The van der Waals surface area contributed by atoms with Crippen LogP contribution in [0.15, 0.2) is 72.8 Å². The first-order valence-corrected chi connectivity index (χ1v) is 13.1. The van der Waals surface area contributed by atoms with E-state index in [0.717, 1.165) is 5.69 Å². The van der Waals surface area contributed by atoms with Crippen LogP contribution >= 0.6 is 34.5 Å². The molecule has 0 amide bonds. The summed E-state index contributed by atoms with van der Waals surface area (Å²) in [6, 6.07) is 22.9. The van der Waals surface area contributed by atoms with Crippen molar-refractivity contribution in [2.24, 2.45) is 17.8 Å². The smallest absolute Gasteiger partial charge is 0.655 e. The molecule has 0 spiro atoms. The van der Waals surface area contributed by atoms with Crippen LogP contribution in [0.5, 0.6) is 0 Å². The molecular formula is C32H33Cl2NSTi. The van der Waals surface area contributed by atoms with Crippen molar-refractivity contribution in [1.29, 1.82) is 0 Å². The maximum Gasteiger partial charge on any atom is 4.00 e. The summed E-state index contributed by atoms with van der Waals surface area (Å²) in [7, 11) is 0. The molecule has 1 fully saturated rings. The van der Waals surface area contributed by atoms with E-state index >= 15 is 0 Å². The number of para-hydroxylation sites is 2. The Morgan fingerprint density at radius 3 is 2.11 bits per heavy atom. The van der Waals surface area contributed by atoms with Gasteiger partial charge in [0.15, 0.2) is 0 Å². The van der Waals surface area contributed by atoms with Gasteiger partial charge in [-0.15, -0.1) is 17.0 Å². The molecule has 0 N–H and O–H groups in total. The molecule has 1 saturated carbocycles. The zero-order valence-corrected chi connectivity index (χ0v) is 25.9. The second-order valence-corrected chi connectivity index (χ2v) is 11.2. The molecule has 5 unspecified atom stereocenters. The van der Waals surface area contributed by atoms with Gasteiger partial charge in [-0.25, -0.2) is 0 Å². The van der Waals surface area contributed by atoms with Gasteiger partial charge >= 0.3 is 21.7 Å². The standard InChI is InChI=1S/C29H24Cl2NS.3CH3.Ti/c1-16-17(2)27-20(14-15-25-28(27)19-9-4-6-13-24(19)33-25)26(16)18-8-3-5-12-23(18)32-29-21(30)10-7-11-22(29)31;;;;/h3-17,20,26-27H,1-2H3;3*1H3;/q4*-1;+4. The molecule has 1 heterocycles. The molecule has 2 aliphatic carbocycles. The van der Waals surface area contributed by atoms with Crippen LogP contribution in [0.4, 0.5) is 11.4 Å². The van der Waals surface area contributed by atoms with E-state index in [2.05, 4.69) is 74.5 Å².